The molecule has 2 heterocycles. The molecule has 7 nitrogen and oxygen atoms in total. The molecule has 0 unspecified atom stereocenters. The quantitative estimate of drug-likeness (QED) is 0.318. The van der Waals surface area contributed by atoms with E-state index in [1.165, 1.54) is 24.3 Å². The second kappa shape index (κ2) is 9.89. The van der Waals surface area contributed by atoms with Crippen LogP contribution in [0.25, 0.3) is 22.4 Å². The number of nitrogens with zero attached hydrogens (tertiary/aromatic N) is 3. The molecule has 0 aliphatic carbocycles. The van der Waals surface area contributed by atoms with Gasteiger partial charge in [-0.25, -0.2) is 23.5 Å². The monoisotopic (exact) mass is 527 g/mol. The number of carbonyl (C=O) groups is 1. The number of carbonyl (C=O) groups excluding carboxylic acids is 1. The highest BCUT2D eigenvalue weighted by atomic mass is 35.5. The summed E-state index contributed by atoms with van der Waals surface area (Å²) in [6.07, 6.45) is 0.981. The van der Waals surface area contributed by atoms with Crippen molar-refractivity contribution in [1.82, 2.24) is 14.5 Å². The van der Waals surface area contributed by atoms with Crippen molar-refractivity contribution in [2.24, 2.45) is 7.02 Å². The Morgan fingerprint density at radius 2 is 1.92 bits per heavy atom. The number of hydrogen-bond donors (Lipinski definition) is 1. The van der Waals surface area contributed by atoms with E-state index in [1.807, 2.05) is 0 Å². The molecule has 0 aliphatic heterocycles. The largest absolute Gasteiger partial charge is 0.456 e. The highest BCUT2D eigenvalue weighted by Crippen LogP contribution is 2.30. The van der Waals surface area contributed by atoms with Crippen LogP contribution in [0.15, 0.2) is 53.5 Å². The lowest BCUT2D eigenvalue weighted by atomic mass is 10.0. The first-order chi connectivity index (χ1) is 17.9. The fourth-order valence-corrected chi connectivity index (χ4v) is 3.98. The van der Waals surface area contributed by atoms with Gasteiger partial charge in [-0.2, -0.15) is 0 Å². The smallest absolute Gasteiger partial charge is 0.340 e. The average Bonchev–Trinajstić information content (AvgIpc) is 2.84. The number of anilines is 1. The molecule has 4 aromatic rings. The Kier molecular flexibility index (Phi) is 6.64. The minimum Gasteiger partial charge on any atom is -0.456 e. The van der Waals surface area contributed by atoms with E-state index < -0.39 is 41.8 Å². The van der Waals surface area contributed by atoms with E-state index in [1.54, 1.807) is 39.8 Å². The molecule has 0 saturated heterocycles. The third kappa shape index (κ3) is 5.61. The van der Waals surface area contributed by atoms with Gasteiger partial charge in [0.15, 0.2) is 5.82 Å². The van der Waals surface area contributed by atoms with Crippen molar-refractivity contribution in [2.75, 3.05) is 5.32 Å². The number of hydrogen-bond acceptors (Lipinski definition) is 6. The zero-order valence-corrected chi connectivity index (χ0v) is 21.4. The molecule has 0 radical (unpaired) electrons. The van der Waals surface area contributed by atoms with Crippen molar-refractivity contribution in [3.05, 3.63) is 86.8 Å². The third-order valence-corrected chi connectivity index (χ3v) is 5.68. The fourth-order valence-electron chi connectivity index (χ4n) is 3.80. The summed E-state index contributed by atoms with van der Waals surface area (Å²) in [6.45, 7) is 6.95. The molecular formula is C27H25ClF2N4O3. The second-order valence-corrected chi connectivity index (χ2v) is 9.92. The van der Waals surface area contributed by atoms with Crippen LogP contribution in [0, 0.1) is 11.6 Å². The van der Waals surface area contributed by atoms with Crippen LogP contribution in [0.3, 0.4) is 0 Å². The number of pyridine rings is 1. The molecule has 2 aromatic heterocycles. The maximum atomic E-state index is 14.7. The van der Waals surface area contributed by atoms with Crippen LogP contribution in [0.5, 0.6) is 0 Å². The molecule has 0 spiro atoms. The lowest BCUT2D eigenvalue weighted by molar-refractivity contribution is 0.00706. The summed E-state index contributed by atoms with van der Waals surface area (Å²) in [5.74, 6) is -1.80. The first kappa shape index (κ1) is 24.8. The maximum Gasteiger partial charge on any atom is 0.340 e. The number of rotatable bonds is 5. The van der Waals surface area contributed by atoms with E-state index in [2.05, 4.69) is 15.3 Å². The summed E-state index contributed by atoms with van der Waals surface area (Å²) in [6, 6.07) is 8.83. The molecule has 0 aliphatic rings. The van der Waals surface area contributed by atoms with E-state index in [0.717, 1.165) is 16.8 Å². The topological polar surface area (TPSA) is 86.1 Å². The summed E-state index contributed by atoms with van der Waals surface area (Å²) in [4.78, 5) is 34.7. The number of ether oxygens (including phenoxy) is 1. The lowest BCUT2D eigenvalue weighted by Crippen LogP contribution is -2.25. The minimum absolute atomic E-state index is 0.0322. The number of benzene rings is 2. The summed E-state index contributed by atoms with van der Waals surface area (Å²) in [7, 11) is -0.500. The number of nitrogens with one attached hydrogen (secondary N) is 1. The van der Waals surface area contributed by atoms with E-state index >= 15 is 0 Å². The van der Waals surface area contributed by atoms with Gasteiger partial charge < -0.3 is 10.1 Å². The van der Waals surface area contributed by atoms with Gasteiger partial charge >= 0.3 is 5.97 Å². The molecule has 0 saturated carbocycles. The molecule has 2 aromatic carbocycles. The van der Waals surface area contributed by atoms with Crippen molar-refractivity contribution in [2.45, 2.75) is 39.3 Å². The van der Waals surface area contributed by atoms with Crippen molar-refractivity contribution in [3.63, 3.8) is 0 Å². The van der Waals surface area contributed by atoms with Gasteiger partial charge in [0, 0.05) is 24.7 Å². The number of esters is 1. The van der Waals surface area contributed by atoms with Crippen molar-refractivity contribution in [3.8, 4) is 11.5 Å². The minimum atomic E-state index is -0.743. The SMILES string of the molecule is [2H]Cn1c(-c2ccc(F)cn2)nc2c([C@@H](C)Nc3ccc(Cl)cc3C(=O)OC(C)(C)C)cc(F)cc2c1=O. The maximum absolute atomic E-state index is 14.7. The van der Waals surface area contributed by atoms with Crippen LogP contribution in [0.4, 0.5) is 14.5 Å². The summed E-state index contributed by atoms with van der Waals surface area (Å²) < 4.78 is 42.6. The van der Waals surface area contributed by atoms with E-state index in [9.17, 15) is 18.4 Å². The van der Waals surface area contributed by atoms with Crippen molar-refractivity contribution < 1.29 is 19.7 Å². The van der Waals surface area contributed by atoms with Gasteiger partial charge in [-0.15, -0.1) is 0 Å². The molecule has 37 heavy (non-hydrogen) atoms. The fraction of sp³-hybridized carbons (Fsp3) is 0.259. The molecule has 0 bridgehead atoms. The van der Waals surface area contributed by atoms with Crippen molar-refractivity contribution in [1.29, 1.82) is 0 Å². The molecular weight excluding hydrogens is 502 g/mol. The Bertz CT molecular complexity index is 1590. The van der Waals surface area contributed by atoms with E-state index in [0.29, 0.717) is 16.3 Å². The normalized spacial score (nSPS) is 12.8. The summed E-state index contributed by atoms with van der Waals surface area (Å²) in [5.41, 5.74) is -0.140. The third-order valence-electron chi connectivity index (χ3n) is 5.45. The Hall–Kier alpha value is -3.85. The first-order valence-electron chi connectivity index (χ1n) is 12.0. The Balaban J connectivity index is 1.84. The molecule has 192 valence electrons. The zero-order chi connectivity index (χ0) is 27.8. The van der Waals surface area contributed by atoms with Gasteiger partial charge in [0.2, 0.25) is 0 Å². The molecule has 10 heteroatoms. The summed E-state index contributed by atoms with van der Waals surface area (Å²) in [5, 5.41) is 3.47. The van der Waals surface area contributed by atoms with Gasteiger partial charge in [-0.05, 0) is 70.2 Å². The number of fused-ring (bicyclic) bond motifs is 1. The highest BCUT2D eigenvalue weighted by molar-refractivity contribution is 6.31. The average molecular weight is 528 g/mol. The zero-order valence-electron chi connectivity index (χ0n) is 21.6. The predicted octanol–water partition coefficient (Wildman–Crippen LogP) is 6.06. The molecule has 0 fully saturated rings. The first-order valence-corrected chi connectivity index (χ1v) is 11.7. The van der Waals surface area contributed by atoms with E-state index in [4.69, 9.17) is 17.7 Å². The Labute approximate surface area is 218 Å². The molecule has 1 N–H and O–H groups in total. The van der Waals surface area contributed by atoms with Crippen LogP contribution in [-0.4, -0.2) is 26.1 Å². The molecule has 1 atom stereocenters. The van der Waals surface area contributed by atoms with Crippen LogP contribution >= 0.6 is 11.6 Å². The van der Waals surface area contributed by atoms with Crippen LogP contribution in [-0.2, 0) is 11.8 Å². The number of halogens is 3. The van der Waals surface area contributed by atoms with Gasteiger partial charge in [-0.1, -0.05) is 11.6 Å². The van der Waals surface area contributed by atoms with Gasteiger partial charge in [0.05, 0.1) is 28.7 Å². The van der Waals surface area contributed by atoms with Gasteiger partial charge in [-0.3, -0.25) is 9.36 Å². The Morgan fingerprint density at radius 1 is 1.16 bits per heavy atom. The van der Waals surface area contributed by atoms with Gasteiger partial charge in [0.25, 0.3) is 5.56 Å². The molecule has 4 rings (SSSR count). The predicted molar refractivity (Wildman–Crippen MR) is 139 cm³/mol. The second-order valence-electron chi connectivity index (χ2n) is 9.48. The lowest BCUT2D eigenvalue weighted by Gasteiger charge is -2.23. The highest BCUT2D eigenvalue weighted by Gasteiger charge is 2.23. The van der Waals surface area contributed by atoms with E-state index in [-0.39, 0.29) is 28.0 Å². The molecule has 0 amide bonds. The van der Waals surface area contributed by atoms with Crippen LogP contribution in [0.2, 0.25) is 5.02 Å². The number of aromatic nitrogens is 3. The summed E-state index contributed by atoms with van der Waals surface area (Å²) >= 11 is 6.14. The van der Waals surface area contributed by atoms with Crippen LogP contribution in [0.1, 0.15) is 51.0 Å². The van der Waals surface area contributed by atoms with Gasteiger partial charge in [0.1, 0.15) is 22.9 Å². The van der Waals surface area contributed by atoms with Crippen LogP contribution < -0.4 is 10.9 Å². The standard InChI is InChI=1S/C27H25ClF2N4O3/c1-14(32-21-8-6-15(28)10-19(21)26(36)37-27(2,3)4)18-11-17(30)12-20-23(18)33-24(34(5)25(20)35)22-9-7-16(29)13-31-22/h6-14,32H,1-5H3/t14-/m1/s1/i5D. The van der Waals surface area contributed by atoms with Crippen molar-refractivity contribution >= 4 is 34.2 Å². The Morgan fingerprint density at radius 3 is 2.57 bits per heavy atom.